The lowest BCUT2D eigenvalue weighted by atomic mass is 10.1. The SMILES string of the molecule is CCNC(=NCC1CCS(=O)(=O)C1)N1CCc2ncsc2C1.I. The summed E-state index contributed by atoms with van der Waals surface area (Å²) in [5.41, 5.74) is 3.11. The molecule has 1 unspecified atom stereocenters. The average Bonchev–Trinajstić information content (AvgIpc) is 3.08. The standard InChI is InChI=1S/C14H22N4O2S2.HI/c1-2-15-14(16-7-11-4-6-22(19,20)9-11)18-5-3-12-13(8-18)21-10-17-12;/h10-11H,2-9H2,1H3,(H,15,16);1H. The van der Waals surface area contributed by atoms with Gasteiger partial charge in [-0.25, -0.2) is 13.4 Å². The van der Waals surface area contributed by atoms with Crippen molar-refractivity contribution in [3.05, 3.63) is 16.1 Å². The van der Waals surface area contributed by atoms with Gasteiger partial charge in [0.15, 0.2) is 15.8 Å². The van der Waals surface area contributed by atoms with Gasteiger partial charge in [-0.1, -0.05) is 0 Å². The highest BCUT2D eigenvalue weighted by Crippen LogP contribution is 2.22. The van der Waals surface area contributed by atoms with Crippen LogP contribution in [-0.4, -0.2) is 55.4 Å². The predicted octanol–water partition coefficient (Wildman–Crippen LogP) is 1.52. The fraction of sp³-hybridized carbons (Fsp3) is 0.714. The molecule has 9 heteroatoms. The fourth-order valence-corrected chi connectivity index (χ4v) is 5.64. The molecule has 2 aliphatic heterocycles. The van der Waals surface area contributed by atoms with Gasteiger partial charge in [0.25, 0.3) is 0 Å². The van der Waals surface area contributed by atoms with Crippen LogP contribution in [0.25, 0.3) is 0 Å². The van der Waals surface area contributed by atoms with E-state index in [0.717, 1.165) is 38.4 Å². The van der Waals surface area contributed by atoms with Crippen molar-refractivity contribution in [2.45, 2.75) is 26.3 Å². The van der Waals surface area contributed by atoms with Crippen molar-refractivity contribution in [3.8, 4) is 0 Å². The second-order valence-electron chi connectivity index (χ2n) is 5.86. The molecule has 0 spiro atoms. The number of nitrogens with zero attached hydrogens (tertiary/aromatic N) is 3. The smallest absolute Gasteiger partial charge is 0.194 e. The summed E-state index contributed by atoms with van der Waals surface area (Å²) in [4.78, 5) is 12.6. The molecule has 1 aromatic rings. The average molecular weight is 470 g/mol. The topological polar surface area (TPSA) is 74.7 Å². The van der Waals surface area contributed by atoms with Crippen molar-refractivity contribution < 1.29 is 8.42 Å². The first-order valence-corrected chi connectivity index (χ1v) is 10.4. The van der Waals surface area contributed by atoms with Crippen LogP contribution in [0, 0.1) is 5.92 Å². The lowest BCUT2D eigenvalue weighted by molar-refractivity contribution is 0.379. The molecule has 1 atom stereocenters. The van der Waals surface area contributed by atoms with Crippen molar-refractivity contribution in [3.63, 3.8) is 0 Å². The van der Waals surface area contributed by atoms with Gasteiger partial charge >= 0.3 is 0 Å². The molecular weight excluding hydrogens is 447 g/mol. The lowest BCUT2D eigenvalue weighted by Crippen LogP contribution is -2.44. The first-order valence-electron chi connectivity index (χ1n) is 7.72. The number of halogens is 1. The molecule has 1 aromatic heterocycles. The second-order valence-corrected chi connectivity index (χ2v) is 9.03. The molecule has 1 N–H and O–H groups in total. The van der Waals surface area contributed by atoms with Gasteiger partial charge < -0.3 is 10.2 Å². The normalized spacial score (nSPS) is 23.3. The van der Waals surface area contributed by atoms with Crippen molar-refractivity contribution in [2.24, 2.45) is 10.9 Å². The number of rotatable bonds is 3. The first-order chi connectivity index (χ1) is 10.6. The molecule has 3 heterocycles. The van der Waals surface area contributed by atoms with E-state index in [1.165, 1.54) is 10.6 Å². The van der Waals surface area contributed by atoms with Crippen LogP contribution in [0.2, 0.25) is 0 Å². The van der Waals surface area contributed by atoms with E-state index < -0.39 is 9.84 Å². The summed E-state index contributed by atoms with van der Waals surface area (Å²) in [6.07, 6.45) is 1.69. The maximum atomic E-state index is 11.5. The highest BCUT2D eigenvalue weighted by atomic mass is 127. The molecule has 1 fully saturated rings. The minimum absolute atomic E-state index is 0. The molecule has 6 nitrogen and oxygen atoms in total. The zero-order valence-electron chi connectivity index (χ0n) is 13.2. The highest BCUT2D eigenvalue weighted by Gasteiger charge is 2.28. The van der Waals surface area contributed by atoms with Crippen LogP contribution in [0.15, 0.2) is 10.5 Å². The number of aromatic nitrogens is 1. The summed E-state index contributed by atoms with van der Waals surface area (Å²) >= 11 is 1.69. The Labute approximate surface area is 158 Å². The predicted molar refractivity (Wildman–Crippen MR) is 104 cm³/mol. The summed E-state index contributed by atoms with van der Waals surface area (Å²) in [5.74, 6) is 1.67. The zero-order chi connectivity index (χ0) is 15.6. The zero-order valence-corrected chi connectivity index (χ0v) is 17.2. The summed E-state index contributed by atoms with van der Waals surface area (Å²) in [6, 6.07) is 0. The van der Waals surface area contributed by atoms with Gasteiger partial charge in [-0.05, 0) is 19.3 Å². The molecule has 0 radical (unpaired) electrons. The van der Waals surface area contributed by atoms with E-state index in [-0.39, 0.29) is 35.6 Å². The summed E-state index contributed by atoms with van der Waals surface area (Å²) < 4.78 is 23.1. The van der Waals surface area contributed by atoms with Crippen molar-refractivity contribution in [1.82, 2.24) is 15.2 Å². The Morgan fingerprint density at radius 3 is 3.09 bits per heavy atom. The van der Waals surface area contributed by atoms with E-state index in [0.29, 0.717) is 12.3 Å². The third-order valence-corrected chi connectivity index (χ3v) is 6.84. The van der Waals surface area contributed by atoms with Crippen LogP contribution in [0.3, 0.4) is 0 Å². The Morgan fingerprint density at radius 2 is 2.39 bits per heavy atom. The van der Waals surface area contributed by atoms with Crippen LogP contribution in [-0.2, 0) is 22.8 Å². The number of nitrogens with one attached hydrogen (secondary N) is 1. The van der Waals surface area contributed by atoms with E-state index in [9.17, 15) is 8.42 Å². The quantitative estimate of drug-likeness (QED) is 0.412. The van der Waals surface area contributed by atoms with Crippen molar-refractivity contribution in [1.29, 1.82) is 0 Å². The lowest BCUT2D eigenvalue weighted by Gasteiger charge is -2.29. The van der Waals surface area contributed by atoms with E-state index >= 15 is 0 Å². The number of thiazole rings is 1. The molecule has 130 valence electrons. The molecule has 0 aliphatic carbocycles. The van der Waals surface area contributed by atoms with Crippen LogP contribution < -0.4 is 5.32 Å². The van der Waals surface area contributed by atoms with Crippen LogP contribution >= 0.6 is 35.3 Å². The molecule has 2 aliphatic rings. The number of hydrogen-bond donors (Lipinski definition) is 1. The van der Waals surface area contributed by atoms with Gasteiger partial charge in [0, 0.05) is 30.9 Å². The Kier molecular flexibility index (Phi) is 6.66. The first kappa shape index (κ1) is 18.9. The highest BCUT2D eigenvalue weighted by molar-refractivity contribution is 14.0. The van der Waals surface area contributed by atoms with Crippen molar-refractivity contribution >= 4 is 51.1 Å². The Balaban J connectivity index is 0.00000192. The van der Waals surface area contributed by atoms with Gasteiger partial charge in [-0.2, -0.15) is 0 Å². The number of hydrogen-bond acceptors (Lipinski definition) is 5. The Morgan fingerprint density at radius 1 is 1.57 bits per heavy atom. The van der Waals surface area contributed by atoms with Gasteiger partial charge in [0.2, 0.25) is 0 Å². The van der Waals surface area contributed by atoms with Crippen LogP contribution in [0.1, 0.15) is 23.9 Å². The molecule has 0 saturated carbocycles. The van der Waals surface area contributed by atoms with Crippen LogP contribution in [0.4, 0.5) is 0 Å². The van der Waals surface area contributed by atoms with Crippen LogP contribution in [0.5, 0.6) is 0 Å². The monoisotopic (exact) mass is 470 g/mol. The van der Waals surface area contributed by atoms with Gasteiger partial charge in [0.05, 0.1) is 29.3 Å². The third-order valence-electron chi connectivity index (χ3n) is 4.14. The second kappa shape index (κ2) is 8.11. The fourth-order valence-electron chi connectivity index (χ4n) is 2.96. The van der Waals surface area contributed by atoms with E-state index in [1.807, 2.05) is 5.51 Å². The van der Waals surface area contributed by atoms with Gasteiger partial charge in [0.1, 0.15) is 0 Å². The third kappa shape index (κ3) is 4.79. The molecule has 23 heavy (non-hydrogen) atoms. The minimum atomic E-state index is -2.82. The van der Waals surface area contributed by atoms with E-state index in [1.54, 1.807) is 11.3 Å². The number of fused-ring (bicyclic) bond motifs is 1. The summed E-state index contributed by atoms with van der Waals surface area (Å²) in [7, 11) is -2.82. The van der Waals surface area contributed by atoms with Gasteiger partial charge in [-0.15, -0.1) is 35.3 Å². The molecule has 0 bridgehead atoms. The van der Waals surface area contributed by atoms with E-state index in [2.05, 4.69) is 22.1 Å². The summed E-state index contributed by atoms with van der Waals surface area (Å²) in [6.45, 7) is 5.21. The Hall–Kier alpha value is -0.420. The number of sulfone groups is 1. The summed E-state index contributed by atoms with van der Waals surface area (Å²) in [5, 5.41) is 3.33. The molecule has 0 amide bonds. The molecule has 0 aromatic carbocycles. The number of guanidine groups is 1. The van der Waals surface area contributed by atoms with Gasteiger partial charge in [-0.3, -0.25) is 4.99 Å². The molecular formula is C14H23IN4O2S2. The van der Waals surface area contributed by atoms with Crippen molar-refractivity contribution in [2.75, 3.05) is 31.1 Å². The molecule has 3 rings (SSSR count). The minimum Gasteiger partial charge on any atom is -0.357 e. The molecule has 1 saturated heterocycles. The maximum absolute atomic E-state index is 11.5. The van der Waals surface area contributed by atoms with E-state index in [4.69, 9.17) is 4.99 Å². The Bertz CT molecular complexity index is 659. The number of aliphatic imine (C=N–C) groups is 1. The largest absolute Gasteiger partial charge is 0.357 e. The maximum Gasteiger partial charge on any atom is 0.194 e.